The van der Waals surface area contributed by atoms with Crippen molar-refractivity contribution in [2.45, 2.75) is 11.8 Å². The van der Waals surface area contributed by atoms with Crippen molar-refractivity contribution < 1.29 is 24.3 Å². The van der Waals surface area contributed by atoms with Crippen LogP contribution in [0.3, 0.4) is 0 Å². The molecule has 0 radical (unpaired) electrons. The van der Waals surface area contributed by atoms with Gasteiger partial charge in [0.15, 0.2) is 5.78 Å². The molecule has 4 rings (SSSR count). The maximum Gasteiger partial charge on any atom is 0.336 e. The minimum atomic E-state index is -1.10. The Bertz CT molecular complexity index is 1480. The van der Waals surface area contributed by atoms with E-state index >= 15 is 0 Å². The number of aromatic carboxylic acids is 1. The van der Waals surface area contributed by atoms with Gasteiger partial charge in [-0.25, -0.2) is 4.79 Å². The van der Waals surface area contributed by atoms with E-state index in [0.717, 1.165) is 4.90 Å². The van der Waals surface area contributed by atoms with Crippen LogP contribution in [0.5, 0.6) is 0 Å². The number of ketones is 1. The normalized spacial score (nSPS) is 10.6. The second-order valence-electron chi connectivity index (χ2n) is 7.97. The lowest BCUT2D eigenvalue weighted by atomic mass is 9.98. The van der Waals surface area contributed by atoms with Crippen LogP contribution in [0.25, 0.3) is 10.8 Å². The second kappa shape index (κ2) is 10.9. The predicted molar refractivity (Wildman–Crippen MR) is 141 cm³/mol. The molecule has 0 saturated carbocycles. The molecule has 0 spiro atoms. The third kappa shape index (κ3) is 5.79. The topological polar surface area (TPSA) is 113 Å². The van der Waals surface area contributed by atoms with E-state index in [0.29, 0.717) is 27.7 Å². The first kappa shape index (κ1) is 24.7. The molecule has 180 valence electrons. The number of carbonyl (C=O) groups is 4. The van der Waals surface area contributed by atoms with Gasteiger partial charge in [-0.2, -0.15) is 0 Å². The summed E-state index contributed by atoms with van der Waals surface area (Å²) >= 11 is 1.31. The molecule has 8 heteroatoms. The van der Waals surface area contributed by atoms with Crippen LogP contribution in [-0.4, -0.2) is 34.4 Å². The lowest BCUT2D eigenvalue weighted by Crippen LogP contribution is -2.14. The quantitative estimate of drug-likeness (QED) is 0.211. The number of carbonyl (C=O) groups excluding carboxylic acids is 3. The fourth-order valence-electron chi connectivity index (χ4n) is 3.70. The summed E-state index contributed by atoms with van der Waals surface area (Å²) in [4.78, 5) is 49.2. The first-order chi connectivity index (χ1) is 17.3. The largest absolute Gasteiger partial charge is 0.478 e. The summed E-state index contributed by atoms with van der Waals surface area (Å²) in [5.74, 6) is -1.63. The van der Waals surface area contributed by atoms with Gasteiger partial charge in [-0.05, 0) is 66.9 Å². The Morgan fingerprint density at radius 3 is 2.11 bits per heavy atom. The highest BCUT2D eigenvalue weighted by molar-refractivity contribution is 8.00. The Morgan fingerprint density at radius 1 is 0.778 bits per heavy atom. The Kier molecular flexibility index (Phi) is 7.46. The molecule has 0 unspecified atom stereocenters. The monoisotopic (exact) mass is 498 g/mol. The molecular formula is C28H22N2O5S. The summed E-state index contributed by atoms with van der Waals surface area (Å²) in [6, 6.07) is 23.7. The van der Waals surface area contributed by atoms with Crippen molar-refractivity contribution in [1.29, 1.82) is 0 Å². The fourth-order valence-corrected chi connectivity index (χ4v) is 4.46. The van der Waals surface area contributed by atoms with Crippen molar-refractivity contribution in [2.75, 3.05) is 16.4 Å². The Balaban J connectivity index is 1.43. The zero-order chi connectivity index (χ0) is 25.7. The van der Waals surface area contributed by atoms with Crippen LogP contribution < -0.4 is 10.6 Å². The third-order valence-electron chi connectivity index (χ3n) is 5.42. The molecule has 36 heavy (non-hydrogen) atoms. The number of benzene rings is 4. The SMILES string of the molecule is CC(=O)c1ccc(NC(=O)CSc2cccc(NC(=O)c3cccc4cccc(C(=O)O)c34)c2)cc1. The summed E-state index contributed by atoms with van der Waals surface area (Å²) in [5.41, 5.74) is 2.02. The molecule has 0 fully saturated rings. The minimum Gasteiger partial charge on any atom is -0.478 e. The molecule has 0 aliphatic rings. The van der Waals surface area contributed by atoms with E-state index in [4.69, 9.17) is 0 Å². The van der Waals surface area contributed by atoms with Gasteiger partial charge in [-0.3, -0.25) is 14.4 Å². The van der Waals surface area contributed by atoms with E-state index in [1.165, 1.54) is 24.8 Å². The van der Waals surface area contributed by atoms with Crippen molar-refractivity contribution in [3.63, 3.8) is 0 Å². The van der Waals surface area contributed by atoms with Crippen LogP contribution in [0.4, 0.5) is 11.4 Å². The van der Waals surface area contributed by atoms with Crippen LogP contribution in [0.1, 0.15) is 38.0 Å². The summed E-state index contributed by atoms with van der Waals surface area (Å²) in [5, 5.41) is 16.2. The number of amides is 2. The molecule has 0 aromatic heterocycles. The molecule has 3 N–H and O–H groups in total. The molecule has 0 aliphatic heterocycles. The highest BCUT2D eigenvalue weighted by Gasteiger charge is 2.17. The third-order valence-corrected chi connectivity index (χ3v) is 6.41. The molecule has 0 aliphatic carbocycles. The van der Waals surface area contributed by atoms with Crippen molar-refractivity contribution in [1.82, 2.24) is 0 Å². The molecule has 4 aromatic carbocycles. The van der Waals surface area contributed by atoms with E-state index in [9.17, 15) is 24.3 Å². The number of carboxylic acids is 1. The van der Waals surface area contributed by atoms with E-state index in [2.05, 4.69) is 10.6 Å². The van der Waals surface area contributed by atoms with E-state index in [1.807, 2.05) is 6.07 Å². The number of hydrogen-bond donors (Lipinski definition) is 3. The van der Waals surface area contributed by atoms with Crippen LogP contribution in [0, 0.1) is 0 Å². The Hall–Kier alpha value is -4.43. The molecule has 0 bridgehead atoms. The van der Waals surface area contributed by atoms with Crippen molar-refractivity contribution >= 4 is 57.5 Å². The molecule has 0 saturated heterocycles. The van der Waals surface area contributed by atoms with Crippen LogP contribution >= 0.6 is 11.8 Å². The van der Waals surface area contributed by atoms with E-state index in [1.54, 1.807) is 72.8 Å². The van der Waals surface area contributed by atoms with Gasteiger partial charge in [0, 0.05) is 32.8 Å². The zero-order valence-electron chi connectivity index (χ0n) is 19.3. The van der Waals surface area contributed by atoms with Gasteiger partial charge in [0.2, 0.25) is 5.91 Å². The number of anilines is 2. The van der Waals surface area contributed by atoms with Gasteiger partial charge in [0.1, 0.15) is 0 Å². The average molecular weight is 499 g/mol. The summed E-state index contributed by atoms with van der Waals surface area (Å²) < 4.78 is 0. The number of fused-ring (bicyclic) bond motifs is 1. The van der Waals surface area contributed by atoms with Gasteiger partial charge in [-0.1, -0.05) is 30.3 Å². The van der Waals surface area contributed by atoms with E-state index in [-0.39, 0.29) is 28.6 Å². The maximum absolute atomic E-state index is 13.1. The summed E-state index contributed by atoms with van der Waals surface area (Å²) in [6.07, 6.45) is 0. The molecule has 4 aromatic rings. The van der Waals surface area contributed by atoms with Gasteiger partial charge in [0.25, 0.3) is 5.91 Å². The first-order valence-electron chi connectivity index (χ1n) is 11.0. The fraction of sp³-hybridized carbons (Fsp3) is 0.0714. The second-order valence-corrected chi connectivity index (χ2v) is 9.02. The number of rotatable bonds is 8. The van der Waals surface area contributed by atoms with Crippen LogP contribution in [0.2, 0.25) is 0 Å². The highest BCUT2D eigenvalue weighted by atomic mass is 32.2. The van der Waals surface area contributed by atoms with E-state index < -0.39 is 11.9 Å². The minimum absolute atomic E-state index is 0.0433. The summed E-state index contributed by atoms with van der Waals surface area (Å²) in [7, 11) is 0. The molecule has 2 amide bonds. The molecular weight excluding hydrogens is 476 g/mol. The van der Waals surface area contributed by atoms with Gasteiger partial charge >= 0.3 is 5.97 Å². The van der Waals surface area contributed by atoms with Crippen molar-refractivity contribution in [3.05, 3.63) is 102 Å². The van der Waals surface area contributed by atoms with Gasteiger partial charge in [-0.15, -0.1) is 11.8 Å². The molecule has 0 heterocycles. The lowest BCUT2D eigenvalue weighted by molar-refractivity contribution is -0.113. The average Bonchev–Trinajstić information content (AvgIpc) is 2.87. The zero-order valence-corrected chi connectivity index (χ0v) is 20.1. The lowest BCUT2D eigenvalue weighted by Gasteiger charge is -2.11. The number of hydrogen-bond acceptors (Lipinski definition) is 5. The standard InChI is InChI=1S/C28H22N2O5S/c1-17(31)18-11-13-20(14-12-18)29-25(32)16-36-22-8-4-7-21(15-22)30-27(33)23-9-2-5-19-6-3-10-24(26(19)23)28(34)35/h2-15H,16H2,1H3,(H,29,32)(H,30,33)(H,34,35). The maximum atomic E-state index is 13.1. The number of nitrogens with one attached hydrogen (secondary N) is 2. The first-order valence-corrected chi connectivity index (χ1v) is 12.0. The number of thioether (sulfide) groups is 1. The summed E-state index contributed by atoms with van der Waals surface area (Å²) in [6.45, 7) is 1.48. The number of carboxylic acid groups (broad SMARTS) is 1. The van der Waals surface area contributed by atoms with Gasteiger partial charge < -0.3 is 15.7 Å². The Labute approximate surface area is 211 Å². The Morgan fingerprint density at radius 2 is 1.44 bits per heavy atom. The van der Waals surface area contributed by atoms with Gasteiger partial charge in [0.05, 0.1) is 11.3 Å². The van der Waals surface area contributed by atoms with Crippen molar-refractivity contribution in [2.24, 2.45) is 0 Å². The number of Topliss-reactive ketones (excluding diaryl/α,β-unsaturated/α-hetero) is 1. The predicted octanol–water partition coefficient (Wildman–Crippen LogP) is 5.72. The molecule has 7 nitrogen and oxygen atoms in total. The van der Waals surface area contributed by atoms with Crippen LogP contribution in [0.15, 0.2) is 89.8 Å². The highest BCUT2D eigenvalue weighted by Crippen LogP contribution is 2.26. The smallest absolute Gasteiger partial charge is 0.336 e. The molecule has 0 atom stereocenters. The van der Waals surface area contributed by atoms with Crippen LogP contribution in [-0.2, 0) is 4.79 Å². The van der Waals surface area contributed by atoms with Crippen molar-refractivity contribution in [3.8, 4) is 0 Å².